The third-order valence-corrected chi connectivity index (χ3v) is 6.30. The van der Waals surface area contributed by atoms with Crippen LogP contribution in [0.4, 0.5) is 0 Å². The van der Waals surface area contributed by atoms with Crippen LogP contribution >= 0.6 is 22.6 Å². The molecule has 4 atom stereocenters. The summed E-state index contributed by atoms with van der Waals surface area (Å²) in [6.07, 6.45) is 4.24. The van der Waals surface area contributed by atoms with E-state index in [0.29, 0.717) is 18.6 Å². The maximum absolute atomic E-state index is 12.9. The molecule has 2 aromatic carbocycles. The van der Waals surface area contributed by atoms with Crippen molar-refractivity contribution in [1.82, 2.24) is 0 Å². The molecule has 2 unspecified atom stereocenters. The van der Waals surface area contributed by atoms with E-state index in [1.807, 2.05) is 75.4 Å². The van der Waals surface area contributed by atoms with E-state index < -0.39 is 11.9 Å². The minimum Gasteiger partial charge on any atom is -0.497 e. The molecular weight excluding hydrogens is 559 g/mol. The van der Waals surface area contributed by atoms with Crippen LogP contribution in [0.5, 0.6) is 5.75 Å². The minimum absolute atomic E-state index is 0.0128. The number of benzene rings is 2. The van der Waals surface area contributed by atoms with E-state index >= 15 is 0 Å². The van der Waals surface area contributed by atoms with Gasteiger partial charge in [-0.3, -0.25) is 0 Å². The van der Waals surface area contributed by atoms with Crippen LogP contribution in [0.1, 0.15) is 49.5 Å². The Morgan fingerprint density at radius 1 is 1.11 bits per heavy atom. The van der Waals surface area contributed by atoms with Gasteiger partial charge in [0.15, 0.2) is 5.79 Å². The first-order valence-corrected chi connectivity index (χ1v) is 13.4. The predicted octanol–water partition coefficient (Wildman–Crippen LogP) is 6.12. The van der Waals surface area contributed by atoms with E-state index in [9.17, 15) is 4.79 Å². The van der Waals surface area contributed by atoms with Crippen LogP contribution in [0.25, 0.3) is 0 Å². The average Bonchev–Trinajstić information content (AvgIpc) is 3.17. The van der Waals surface area contributed by atoms with Crippen LogP contribution in [0.15, 0.2) is 66.7 Å². The standard InChI is InChI=1S/C28H35IO6/c1-20(32-19-21-13-15-23(31-4)16-14-21)9-8-12-24(33-27(30)22-10-6-5-7-11-22)26-25(17-18-29)34-28(2,3)35-26/h5-8,10-16,20,24-26H,9,17-19H2,1-4H3/b12-8-/t20-,24?,25+,26?/m1/s1. The Labute approximate surface area is 222 Å². The van der Waals surface area contributed by atoms with Gasteiger partial charge < -0.3 is 23.7 Å². The molecule has 7 heteroatoms. The Hall–Kier alpha value is -1.94. The van der Waals surface area contributed by atoms with Crippen molar-refractivity contribution < 1.29 is 28.5 Å². The smallest absolute Gasteiger partial charge is 0.338 e. The molecule has 190 valence electrons. The molecular formula is C28H35IO6. The van der Waals surface area contributed by atoms with Gasteiger partial charge in [-0.1, -0.05) is 59.0 Å². The molecule has 1 fully saturated rings. The van der Waals surface area contributed by atoms with Gasteiger partial charge in [0.1, 0.15) is 18.0 Å². The van der Waals surface area contributed by atoms with Crippen molar-refractivity contribution in [3.63, 3.8) is 0 Å². The monoisotopic (exact) mass is 594 g/mol. The van der Waals surface area contributed by atoms with Gasteiger partial charge in [-0.2, -0.15) is 0 Å². The summed E-state index contributed by atoms with van der Waals surface area (Å²) in [6.45, 7) is 6.32. The molecule has 0 N–H and O–H groups in total. The molecule has 0 spiro atoms. The second-order valence-electron chi connectivity index (χ2n) is 8.99. The van der Waals surface area contributed by atoms with Crippen LogP contribution in [0.3, 0.4) is 0 Å². The van der Waals surface area contributed by atoms with Crippen molar-refractivity contribution in [2.24, 2.45) is 0 Å². The van der Waals surface area contributed by atoms with E-state index in [1.165, 1.54) is 0 Å². The molecule has 0 bridgehead atoms. The molecule has 0 aromatic heterocycles. The van der Waals surface area contributed by atoms with Gasteiger partial charge in [0.05, 0.1) is 31.5 Å². The van der Waals surface area contributed by atoms with Crippen LogP contribution in [0.2, 0.25) is 0 Å². The third-order valence-electron chi connectivity index (χ3n) is 5.68. The highest BCUT2D eigenvalue weighted by molar-refractivity contribution is 14.1. The van der Waals surface area contributed by atoms with Gasteiger partial charge in [0.2, 0.25) is 0 Å². The fraction of sp³-hybridized carbons (Fsp3) is 0.464. The van der Waals surface area contributed by atoms with Crippen molar-refractivity contribution in [3.05, 3.63) is 77.9 Å². The summed E-state index contributed by atoms with van der Waals surface area (Å²) in [5.74, 6) is -0.296. The quantitative estimate of drug-likeness (QED) is 0.128. The lowest BCUT2D eigenvalue weighted by Gasteiger charge is -2.24. The largest absolute Gasteiger partial charge is 0.497 e. The summed E-state index contributed by atoms with van der Waals surface area (Å²) >= 11 is 2.33. The average molecular weight is 594 g/mol. The molecule has 2 aromatic rings. The molecule has 0 aliphatic carbocycles. The van der Waals surface area contributed by atoms with Crippen molar-refractivity contribution >= 4 is 28.6 Å². The lowest BCUT2D eigenvalue weighted by Crippen LogP contribution is -2.38. The number of rotatable bonds is 12. The van der Waals surface area contributed by atoms with E-state index in [-0.39, 0.29) is 24.3 Å². The predicted molar refractivity (Wildman–Crippen MR) is 144 cm³/mol. The number of halogens is 1. The van der Waals surface area contributed by atoms with E-state index in [4.69, 9.17) is 23.7 Å². The van der Waals surface area contributed by atoms with Crippen LogP contribution in [-0.2, 0) is 25.6 Å². The van der Waals surface area contributed by atoms with Crippen LogP contribution in [-0.4, -0.2) is 47.7 Å². The van der Waals surface area contributed by atoms with Gasteiger partial charge in [0.25, 0.3) is 0 Å². The molecule has 6 nitrogen and oxygen atoms in total. The molecule has 1 aliphatic heterocycles. The summed E-state index contributed by atoms with van der Waals surface area (Å²) in [4.78, 5) is 12.9. The molecule has 0 amide bonds. The number of alkyl halides is 1. The Morgan fingerprint density at radius 3 is 2.49 bits per heavy atom. The second kappa shape index (κ2) is 13.4. The van der Waals surface area contributed by atoms with Gasteiger partial charge in [-0.25, -0.2) is 4.79 Å². The molecule has 35 heavy (non-hydrogen) atoms. The van der Waals surface area contributed by atoms with E-state index in [0.717, 1.165) is 22.2 Å². The van der Waals surface area contributed by atoms with Crippen molar-refractivity contribution in [1.29, 1.82) is 0 Å². The zero-order chi connectivity index (χ0) is 25.3. The van der Waals surface area contributed by atoms with Gasteiger partial charge in [0, 0.05) is 4.43 Å². The number of carbonyl (C=O) groups is 1. The van der Waals surface area contributed by atoms with Gasteiger partial charge >= 0.3 is 5.97 Å². The normalized spacial score (nSPS) is 21.1. The SMILES string of the molecule is COc1ccc(CO[C@H](C)C/C=C\C(OC(=O)c2ccccc2)C2OC(C)(C)O[C@H]2CCI)cc1. The Bertz CT molecular complexity index is 944. The topological polar surface area (TPSA) is 63.2 Å². The molecule has 1 heterocycles. The number of carbonyl (C=O) groups excluding carboxylic acids is 1. The van der Waals surface area contributed by atoms with Gasteiger partial charge in [-0.05, 0) is 69.5 Å². The summed E-state index contributed by atoms with van der Waals surface area (Å²) in [5.41, 5.74) is 1.59. The lowest BCUT2D eigenvalue weighted by molar-refractivity contribution is -0.153. The maximum atomic E-state index is 12.9. The first kappa shape index (κ1) is 27.6. The summed E-state index contributed by atoms with van der Waals surface area (Å²) in [7, 11) is 1.65. The summed E-state index contributed by atoms with van der Waals surface area (Å²) in [6, 6.07) is 16.8. The zero-order valence-corrected chi connectivity index (χ0v) is 23.0. The maximum Gasteiger partial charge on any atom is 0.338 e. The summed E-state index contributed by atoms with van der Waals surface area (Å²) < 4.78 is 30.4. The molecule has 1 saturated heterocycles. The second-order valence-corrected chi connectivity index (χ2v) is 10.1. The highest BCUT2D eigenvalue weighted by Crippen LogP contribution is 2.33. The van der Waals surface area contributed by atoms with Crippen molar-refractivity contribution in [2.75, 3.05) is 11.5 Å². The number of hydrogen-bond donors (Lipinski definition) is 0. The molecule has 3 rings (SSSR count). The molecule has 1 aliphatic rings. The Morgan fingerprint density at radius 2 is 1.83 bits per heavy atom. The fourth-order valence-electron chi connectivity index (χ4n) is 3.89. The Kier molecular flexibility index (Phi) is 10.6. The zero-order valence-electron chi connectivity index (χ0n) is 20.8. The molecule has 0 saturated carbocycles. The molecule has 0 radical (unpaired) electrons. The number of esters is 1. The Balaban J connectivity index is 1.65. The first-order chi connectivity index (χ1) is 16.8. The first-order valence-electron chi connectivity index (χ1n) is 11.9. The highest BCUT2D eigenvalue weighted by Gasteiger charge is 2.45. The fourth-order valence-corrected chi connectivity index (χ4v) is 4.50. The van der Waals surface area contributed by atoms with Crippen molar-refractivity contribution in [3.8, 4) is 5.75 Å². The van der Waals surface area contributed by atoms with E-state index in [2.05, 4.69) is 22.6 Å². The number of hydrogen-bond acceptors (Lipinski definition) is 6. The highest BCUT2D eigenvalue weighted by atomic mass is 127. The third kappa shape index (κ3) is 8.59. The van der Waals surface area contributed by atoms with Crippen LogP contribution < -0.4 is 4.74 Å². The number of ether oxygens (including phenoxy) is 5. The van der Waals surface area contributed by atoms with Crippen LogP contribution in [0, 0.1) is 0 Å². The van der Waals surface area contributed by atoms with E-state index in [1.54, 1.807) is 19.2 Å². The lowest BCUT2D eigenvalue weighted by atomic mass is 10.0. The van der Waals surface area contributed by atoms with Crippen molar-refractivity contribution in [2.45, 2.75) is 70.4 Å². The number of methoxy groups -OCH3 is 1. The van der Waals surface area contributed by atoms with Gasteiger partial charge in [-0.15, -0.1) is 0 Å². The minimum atomic E-state index is -0.735. The summed E-state index contributed by atoms with van der Waals surface area (Å²) in [5, 5.41) is 0.